The third kappa shape index (κ3) is 3.35. The van der Waals surface area contributed by atoms with Crippen LogP contribution in [0.25, 0.3) is 26.7 Å². The summed E-state index contributed by atoms with van der Waals surface area (Å²) in [6.45, 7) is 0. The van der Waals surface area contributed by atoms with Gasteiger partial charge in [0.2, 0.25) is 0 Å². The van der Waals surface area contributed by atoms with E-state index in [1.165, 1.54) is 15.3 Å². The maximum Gasteiger partial charge on any atom is 0.101 e. The Labute approximate surface area is 188 Å². The van der Waals surface area contributed by atoms with Gasteiger partial charge in [0.25, 0.3) is 0 Å². The van der Waals surface area contributed by atoms with Gasteiger partial charge in [-0.15, -0.1) is 23.1 Å². The molecule has 2 aromatic heterocycles. The number of aromatic nitrogens is 2. The van der Waals surface area contributed by atoms with Crippen LogP contribution < -0.4 is 0 Å². The lowest BCUT2D eigenvalue weighted by molar-refractivity contribution is 0.785. The van der Waals surface area contributed by atoms with Crippen LogP contribution in [0, 0.1) is 11.3 Å². The summed E-state index contributed by atoms with van der Waals surface area (Å²) in [4.78, 5) is 3.55. The van der Waals surface area contributed by atoms with E-state index in [1.807, 2.05) is 28.9 Å². The summed E-state index contributed by atoms with van der Waals surface area (Å²) in [5.41, 5.74) is 3.39. The maximum atomic E-state index is 9.68. The Hall–Kier alpha value is -2.52. The van der Waals surface area contributed by atoms with E-state index in [0.717, 1.165) is 34.8 Å². The van der Waals surface area contributed by atoms with Gasteiger partial charge in [-0.2, -0.15) is 10.4 Å². The average Bonchev–Trinajstić information content (AvgIpc) is 3.21. The van der Waals surface area contributed by atoms with E-state index in [0.29, 0.717) is 5.02 Å². The predicted octanol–water partition coefficient (Wildman–Crippen LogP) is 7.20. The first-order chi connectivity index (χ1) is 14.6. The topological polar surface area (TPSA) is 41.6 Å². The standard InChI is InChI=1S/C24H18ClN3S2/c1-29-17-6-4-5-16(13-17)21-9-10-22(30-21)20-14-23(24(15-26)11-12-24)27-28(20)19-8-3-2-7-18(19)25/h2-10,13-14H,11-12H2,1H3. The molecular formula is C24H18ClN3S2. The van der Waals surface area contributed by atoms with E-state index >= 15 is 0 Å². The van der Waals surface area contributed by atoms with E-state index in [2.05, 4.69) is 54.8 Å². The van der Waals surface area contributed by atoms with Gasteiger partial charge in [-0.1, -0.05) is 35.9 Å². The summed E-state index contributed by atoms with van der Waals surface area (Å²) in [6.07, 6.45) is 3.81. The van der Waals surface area contributed by atoms with Crippen LogP contribution in [0.15, 0.2) is 71.6 Å². The molecule has 5 rings (SSSR count). The molecule has 0 amide bonds. The molecular weight excluding hydrogens is 430 g/mol. The van der Waals surface area contributed by atoms with E-state index in [9.17, 15) is 5.26 Å². The number of nitrogens with zero attached hydrogens (tertiary/aromatic N) is 3. The SMILES string of the molecule is CSc1cccc(-c2ccc(-c3cc(C4(C#N)CC4)nn3-c3ccccc3Cl)s2)c1. The molecule has 30 heavy (non-hydrogen) atoms. The van der Waals surface area contributed by atoms with E-state index < -0.39 is 5.41 Å². The Morgan fingerprint density at radius 3 is 2.60 bits per heavy atom. The number of thioether (sulfide) groups is 1. The van der Waals surface area contributed by atoms with Crippen molar-refractivity contribution in [2.24, 2.45) is 0 Å². The molecule has 1 saturated carbocycles. The summed E-state index contributed by atoms with van der Waals surface area (Å²) < 4.78 is 1.89. The first kappa shape index (κ1) is 19.4. The van der Waals surface area contributed by atoms with Gasteiger partial charge in [0, 0.05) is 9.77 Å². The number of rotatable bonds is 5. The van der Waals surface area contributed by atoms with Crippen LogP contribution in [0.3, 0.4) is 0 Å². The number of hydrogen-bond donors (Lipinski definition) is 0. The Bertz CT molecular complexity index is 1280. The Morgan fingerprint density at radius 1 is 1.07 bits per heavy atom. The van der Waals surface area contributed by atoms with Gasteiger partial charge < -0.3 is 0 Å². The molecule has 3 nitrogen and oxygen atoms in total. The van der Waals surface area contributed by atoms with Gasteiger partial charge >= 0.3 is 0 Å². The summed E-state index contributed by atoms with van der Waals surface area (Å²) in [5, 5.41) is 15.2. The quantitative estimate of drug-likeness (QED) is 0.304. The monoisotopic (exact) mass is 447 g/mol. The molecule has 0 radical (unpaired) electrons. The van der Waals surface area contributed by atoms with Gasteiger partial charge in [-0.3, -0.25) is 0 Å². The molecule has 0 atom stereocenters. The maximum absolute atomic E-state index is 9.68. The number of thiophene rings is 1. The minimum atomic E-state index is -0.450. The largest absolute Gasteiger partial charge is 0.230 e. The van der Waals surface area contributed by atoms with E-state index in [1.54, 1.807) is 23.1 Å². The minimum Gasteiger partial charge on any atom is -0.230 e. The van der Waals surface area contributed by atoms with Crippen molar-refractivity contribution in [3.63, 3.8) is 0 Å². The van der Waals surface area contributed by atoms with Crippen molar-refractivity contribution in [3.8, 4) is 32.8 Å². The molecule has 6 heteroatoms. The molecule has 2 heterocycles. The Morgan fingerprint density at radius 2 is 1.87 bits per heavy atom. The van der Waals surface area contributed by atoms with Crippen LogP contribution in [0.5, 0.6) is 0 Å². The fraction of sp³-hybridized carbons (Fsp3) is 0.167. The molecule has 1 aliphatic rings. The molecule has 4 aromatic rings. The smallest absolute Gasteiger partial charge is 0.101 e. The highest BCUT2D eigenvalue weighted by Crippen LogP contribution is 2.48. The van der Waals surface area contributed by atoms with Crippen LogP contribution in [-0.2, 0) is 5.41 Å². The predicted molar refractivity (Wildman–Crippen MR) is 126 cm³/mol. The van der Waals surface area contributed by atoms with Gasteiger partial charge in [0.05, 0.1) is 33.0 Å². The second kappa shape index (κ2) is 7.63. The lowest BCUT2D eigenvalue weighted by Gasteiger charge is -2.08. The Kier molecular flexibility index (Phi) is 4.94. The number of hydrogen-bond acceptors (Lipinski definition) is 4. The zero-order valence-corrected chi connectivity index (χ0v) is 18.7. The zero-order chi connectivity index (χ0) is 20.7. The fourth-order valence-electron chi connectivity index (χ4n) is 3.55. The first-order valence-electron chi connectivity index (χ1n) is 9.65. The van der Waals surface area contributed by atoms with Crippen molar-refractivity contribution < 1.29 is 0 Å². The summed E-state index contributed by atoms with van der Waals surface area (Å²) in [7, 11) is 0. The molecule has 1 aliphatic carbocycles. The van der Waals surface area contributed by atoms with Gasteiger partial charge in [-0.25, -0.2) is 4.68 Å². The molecule has 0 unspecified atom stereocenters. The number of nitriles is 1. The summed E-state index contributed by atoms with van der Waals surface area (Å²) in [5.74, 6) is 0. The molecule has 0 aliphatic heterocycles. The van der Waals surface area contributed by atoms with Crippen LogP contribution in [0.2, 0.25) is 5.02 Å². The van der Waals surface area contributed by atoms with Crippen LogP contribution in [-0.4, -0.2) is 16.0 Å². The minimum absolute atomic E-state index is 0.450. The van der Waals surface area contributed by atoms with Crippen molar-refractivity contribution in [2.75, 3.05) is 6.26 Å². The second-order valence-electron chi connectivity index (χ2n) is 7.37. The highest BCUT2D eigenvalue weighted by Gasteiger charge is 2.47. The Balaban J connectivity index is 1.63. The molecule has 0 spiro atoms. The van der Waals surface area contributed by atoms with Gasteiger partial charge in [0.1, 0.15) is 5.41 Å². The molecule has 0 bridgehead atoms. The van der Waals surface area contributed by atoms with Gasteiger partial charge in [-0.05, 0) is 67.1 Å². The summed E-state index contributed by atoms with van der Waals surface area (Å²) in [6, 6.07) is 25.1. The third-order valence-electron chi connectivity index (χ3n) is 5.46. The fourth-order valence-corrected chi connectivity index (χ4v) is 5.23. The van der Waals surface area contributed by atoms with E-state index in [4.69, 9.17) is 16.7 Å². The molecule has 1 fully saturated rings. The molecule has 148 valence electrons. The lowest BCUT2D eigenvalue weighted by atomic mass is 10.0. The summed E-state index contributed by atoms with van der Waals surface area (Å²) >= 11 is 9.97. The van der Waals surface area contributed by atoms with Crippen LogP contribution in [0.1, 0.15) is 18.5 Å². The van der Waals surface area contributed by atoms with Crippen molar-refractivity contribution >= 4 is 34.7 Å². The van der Waals surface area contributed by atoms with Crippen molar-refractivity contribution in [1.29, 1.82) is 5.26 Å². The normalized spacial score (nSPS) is 14.4. The second-order valence-corrected chi connectivity index (χ2v) is 9.74. The average molecular weight is 448 g/mol. The van der Waals surface area contributed by atoms with Gasteiger partial charge in [0.15, 0.2) is 0 Å². The lowest BCUT2D eigenvalue weighted by Crippen LogP contribution is -2.05. The first-order valence-corrected chi connectivity index (χ1v) is 12.1. The molecule has 0 N–H and O–H groups in total. The molecule has 0 saturated heterocycles. The number of para-hydroxylation sites is 1. The van der Waals surface area contributed by atoms with Crippen molar-refractivity contribution in [2.45, 2.75) is 23.2 Å². The highest BCUT2D eigenvalue weighted by atomic mass is 35.5. The third-order valence-corrected chi connectivity index (χ3v) is 7.66. The van der Waals surface area contributed by atoms with Crippen molar-refractivity contribution in [1.82, 2.24) is 9.78 Å². The molecule has 2 aromatic carbocycles. The van der Waals surface area contributed by atoms with Crippen LogP contribution >= 0.6 is 34.7 Å². The zero-order valence-electron chi connectivity index (χ0n) is 16.3. The van der Waals surface area contributed by atoms with Crippen LogP contribution in [0.4, 0.5) is 0 Å². The number of halogens is 1. The van der Waals surface area contributed by atoms with Crippen molar-refractivity contribution in [3.05, 3.63) is 77.4 Å². The number of benzene rings is 2. The van der Waals surface area contributed by atoms with E-state index in [-0.39, 0.29) is 0 Å². The highest BCUT2D eigenvalue weighted by molar-refractivity contribution is 7.98.